The lowest BCUT2D eigenvalue weighted by Crippen LogP contribution is -2.57. The summed E-state index contributed by atoms with van der Waals surface area (Å²) in [7, 11) is 0. The van der Waals surface area contributed by atoms with Crippen molar-refractivity contribution in [3.05, 3.63) is 70.7 Å². The Hall–Kier alpha value is -3.18. The number of hydrogen-bond donors (Lipinski definition) is 3. The quantitative estimate of drug-likeness (QED) is 0.268. The smallest absolute Gasteiger partial charge is 0.408 e. The third kappa shape index (κ3) is 11.2. The molecule has 0 aliphatic carbocycles. The van der Waals surface area contributed by atoms with Crippen LogP contribution in [0.5, 0.6) is 0 Å². The second kappa shape index (κ2) is 17.4. The Morgan fingerprint density at radius 3 is 2.10 bits per heavy atom. The van der Waals surface area contributed by atoms with Gasteiger partial charge in [-0.25, -0.2) is 4.79 Å². The zero-order valence-electron chi connectivity index (χ0n) is 22.7. The van der Waals surface area contributed by atoms with Crippen LogP contribution >= 0.6 is 11.6 Å². The zero-order valence-corrected chi connectivity index (χ0v) is 23.5. The van der Waals surface area contributed by atoms with Crippen LogP contribution in [-0.4, -0.2) is 74.0 Å². The number of rotatable bonds is 16. The van der Waals surface area contributed by atoms with Crippen LogP contribution in [0.4, 0.5) is 4.79 Å². The second-order valence-corrected chi connectivity index (χ2v) is 9.04. The molecule has 0 bridgehead atoms. The van der Waals surface area contributed by atoms with E-state index in [-0.39, 0.29) is 32.0 Å². The average Bonchev–Trinajstić information content (AvgIpc) is 2.94. The predicted molar refractivity (Wildman–Crippen MR) is 149 cm³/mol. The van der Waals surface area contributed by atoms with Crippen molar-refractivity contribution >= 4 is 29.5 Å². The molecule has 39 heavy (non-hydrogen) atoms. The normalized spacial score (nSPS) is 12.5. The summed E-state index contributed by atoms with van der Waals surface area (Å²) >= 11 is 6.02. The molecule has 0 aliphatic heterocycles. The minimum absolute atomic E-state index is 0.0373. The molecule has 11 heteroatoms. The van der Waals surface area contributed by atoms with Gasteiger partial charge in [0.05, 0.1) is 6.54 Å². The summed E-state index contributed by atoms with van der Waals surface area (Å²) in [5.41, 5.74) is 7.38. The fourth-order valence-electron chi connectivity index (χ4n) is 3.77. The number of carbonyl (C=O) groups is 3. The molecule has 0 heterocycles. The van der Waals surface area contributed by atoms with Crippen LogP contribution in [0.25, 0.3) is 0 Å². The molecule has 2 rings (SSSR count). The van der Waals surface area contributed by atoms with Gasteiger partial charge in [-0.2, -0.15) is 0 Å². The number of benzene rings is 2. The predicted octanol–water partition coefficient (Wildman–Crippen LogP) is 2.87. The van der Waals surface area contributed by atoms with Gasteiger partial charge in [0.15, 0.2) is 6.29 Å². The van der Waals surface area contributed by atoms with Gasteiger partial charge in [-0.1, -0.05) is 54.1 Å². The molecule has 0 spiro atoms. The number of nitrogens with zero attached hydrogens (tertiary/aromatic N) is 1. The van der Waals surface area contributed by atoms with Crippen LogP contribution in [0.15, 0.2) is 54.6 Å². The molecule has 3 amide bonds. The highest BCUT2D eigenvalue weighted by Gasteiger charge is 2.30. The van der Waals surface area contributed by atoms with Crippen molar-refractivity contribution < 1.29 is 28.6 Å². The van der Waals surface area contributed by atoms with Gasteiger partial charge in [-0.05, 0) is 44.0 Å². The van der Waals surface area contributed by atoms with Crippen LogP contribution in [-0.2, 0) is 36.8 Å². The Labute approximate surface area is 235 Å². The van der Waals surface area contributed by atoms with E-state index in [0.29, 0.717) is 24.8 Å². The molecule has 0 radical (unpaired) electrons. The highest BCUT2D eigenvalue weighted by atomic mass is 35.5. The van der Waals surface area contributed by atoms with Crippen molar-refractivity contribution in [2.75, 3.05) is 32.8 Å². The number of amides is 3. The molecule has 2 unspecified atom stereocenters. The Bertz CT molecular complexity index is 1020. The van der Waals surface area contributed by atoms with Gasteiger partial charge in [-0.3, -0.25) is 9.59 Å². The van der Waals surface area contributed by atoms with E-state index < -0.39 is 30.4 Å². The minimum Gasteiger partial charge on any atom is -0.445 e. The number of nitrogens with one attached hydrogen (secondary N) is 2. The molecule has 10 nitrogen and oxygen atoms in total. The molecule has 0 saturated heterocycles. The fourth-order valence-corrected chi connectivity index (χ4v) is 3.89. The highest BCUT2D eigenvalue weighted by molar-refractivity contribution is 6.30. The van der Waals surface area contributed by atoms with E-state index in [1.165, 1.54) is 0 Å². The third-order valence-corrected chi connectivity index (χ3v) is 6.04. The van der Waals surface area contributed by atoms with Crippen LogP contribution in [0.1, 0.15) is 31.9 Å². The summed E-state index contributed by atoms with van der Waals surface area (Å²) in [4.78, 5) is 40.7. The number of halogens is 1. The molecule has 0 fully saturated rings. The Kier molecular flexibility index (Phi) is 14.3. The van der Waals surface area contributed by atoms with Crippen molar-refractivity contribution in [1.82, 2.24) is 15.5 Å². The molecule has 2 aromatic rings. The average molecular weight is 563 g/mol. The van der Waals surface area contributed by atoms with Crippen molar-refractivity contribution in [2.45, 2.75) is 52.2 Å². The van der Waals surface area contributed by atoms with Crippen LogP contribution in [0.3, 0.4) is 0 Å². The number of carbonyl (C=O) groups excluding carboxylic acids is 3. The van der Waals surface area contributed by atoms with Crippen LogP contribution < -0.4 is 16.4 Å². The van der Waals surface area contributed by atoms with E-state index >= 15 is 0 Å². The third-order valence-electron chi connectivity index (χ3n) is 5.79. The highest BCUT2D eigenvalue weighted by Crippen LogP contribution is 2.13. The van der Waals surface area contributed by atoms with Gasteiger partial charge in [0.2, 0.25) is 11.8 Å². The number of hydrogen-bond acceptors (Lipinski definition) is 7. The molecule has 0 aromatic heterocycles. The standard InChI is InChI=1S/C28H39ClN4O6/c1-4-33(18-25(37-5-2)38-6-3)27(35)23(16-20-12-14-22(29)15-13-20)31-26(34)24(17-30)32-28(36)39-19-21-10-8-7-9-11-21/h7-15,23-25H,4-6,16-19,30H2,1-3H3,(H,31,34)(H,32,36). The minimum atomic E-state index is -1.11. The van der Waals surface area contributed by atoms with Crippen molar-refractivity contribution in [2.24, 2.45) is 5.73 Å². The van der Waals surface area contributed by atoms with E-state index in [0.717, 1.165) is 11.1 Å². The van der Waals surface area contributed by atoms with Crippen molar-refractivity contribution in [3.8, 4) is 0 Å². The lowest BCUT2D eigenvalue weighted by atomic mass is 10.0. The summed E-state index contributed by atoms with van der Waals surface area (Å²) in [6, 6.07) is 14.1. The van der Waals surface area contributed by atoms with E-state index in [1.54, 1.807) is 29.2 Å². The van der Waals surface area contributed by atoms with Gasteiger partial charge < -0.3 is 35.5 Å². The maximum Gasteiger partial charge on any atom is 0.408 e. The maximum atomic E-state index is 13.6. The number of ether oxygens (including phenoxy) is 3. The summed E-state index contributed by atoms with van der Waals surface area (Å²) in [5.74, 6) is -0.934. The first-order valence-corrected chi connectivity index (χ1v) is 13.4. The SMILES string of the molecule is CCOC(CN(CC)C(=O)C(Cc1ccc(Cl)cc1)NC(=O)C(CN)NC(=O)OCc1ccccc1)OCC. The summed E-state index contributed by atoms with van der Waals surface area (Å²) < 4.78 is 16.4. The van der Waals surface area contributed by atoms with Crippen molar-refractivity contribution in [1.29, 1.82) is 0 Å². The first-order valence-electron chi connectivity index (χ1n) is 13.0. The van der Waals surface area contributed by atoms with Gasteiger partial charge >= 0.3 is 6.09 Å². The van der Waals surface area contributed by atoms with E-state index in [4.69, 9.17) is 31.5 Å². The first kappa shape index (κ1) is 32.0. The molecule has 2 atom stereocenters. The maximum absolute atomic E-state index is 13.6. The summed E-state index contributed by atoms with van der Waals surface area (Å²) in [6.45, 7) is 6.77. The first-order chi connectivity index (χ1) is 18.8. The van der Waals surface area contributed by atoms with E-state index in [1.807, 2.05) is 51.1 Å². The molecular weight excluding hydrogens is 524 g/mol. The number of alkyl carbamates (subject to hydrolysis) is 1. The number of nitrogens with two attached hydrogens (primary N) is 1. The summed E-state index contributed by atoms with van der Waals surface area (Å²) in [5, 5.41) is 5.80. The van der Waals surface area contributed by atoms with E-state index in [2.05, 4.69) is 10.6 Å². The number of likely N-dealkylation sites (N-methyl/N-ethyl adjacent to an activating group) is 1. The van der Waals surface area contributed by atoms with Gasteiger partial charge in [0, 0.05) is 37.7 Å². The molecule has 214 valence electrons. The molecule has 0 aliphatic rings. The van der Waals surface area contributed by atoms with Crippen LogP contribution in [0, 0.1) is 0 Å². The Balaban J connectivity index is 2.14. The van der Waals surface area contributed by atoms with Crippen molar-refractivity contribution in [3.63, 3.8) is 0 Å². The second-order valence-electron chi connectivity index (χ2n) is 8.60. The molecular formula is C28H39ClN4O6. The Morgan fingerprint density at radius 1 is 0.897 bits per heavy atom. The van der Waals surface area contributed by atoms with Crippen LogP contribution in [0.2, 0.25) is 5.02 Å². The topological polar surface area (TPSA) is 132 Å². The van der Waals surface area contributed by atoms with Gasteiger partial charge in [0.25, 0.3) is 0 Å². The lowest BCUT2D eigenvalue weighted by Gasteiger charge is -2.30. The summed E-state index contributed by atoms with van der Waals surface area (Å²) in [6.07, 6.45) is -1.20. The lowest BCUT2D eigenvalue weighted by molar-refractivity contribution is -0.160. The fraction of sp³-hybridized carbons (Fsp3) is 0.464. The monoisotopic (exact) mass is 562 g/mol. The molecule has 4 N–H and O–H groups in total. The van der Waals surface area contributed by atoms with E-state index in [9.17, 15) is 14.4 Å². The molecule has 2 aromatic carbocycles. The largest absolute Gasteiger partial charge is 0.445 e. The Morgan fingerprint density at radius 2 is 1.54 bits per heavy atom. The van der Waals surface area contributed by atoms with Gasteiger partial charge in [0.1, 0.15) is 18.7 Å². The molecule has 0 saturated carbocycles. The zero-order chi connectivity index (χ0) is 28.6. The van der Waals surface area contributed by atoms with Gasteiger partial charge in [-0.15, -0.1) is 0 Å².